The second-order valence-corrected chi connectivity index (χ2v) is 20.6. The van der Waals surface area contributed by atoms with Gasteiger partial charge in [-0.1, -0.05) is 178 Å². The largest absolute Gasteiger partial charge is 0.507 e. The quantitative estimate of drug-likeness (QED) is 0.157. The van der Waals surface area contributed by atoms with Crippen LogP contribution in [-0.4, -0.2) is 19.6 Å². The summed E-state index contributed by atoms with van der Waals surface area (Å²) in [7, 11) is 0. The monoisotopic (exact) mass is 902 g/mol. The number of rotatable bonds is 9. The molecule has 0 atom stereocenters. The molecule has 0 bridgehead atoms. The van der Waals surface area contributed by atoms with Gasteiger partial charge in [-0.15, -0.1) is 0 Å². The van der Waals surface area contributed by atoms with Crippen molar-refractivity contribution in [2.75, 3.05) is 0 Å². The fourth-order valence-corrected chi connectivity index (χ4v) is 8.96. The highest BCUT2D eigenvalue weighted by Gasteiger charge is 2.27. The highest BCUT2D eigenvalue weighted by Crippen LogP contribution is 2.46. The van der Waals surface area contributed by atoms with Crippen molar-refractivity contribution in [1.82, 2.24) is 14.5 Å². The maximum absolute atomic E-state index is 12.6. The minimum Gasteiger partial charge on any atom is -0.507 e. The molecule has 4 nitrogen and oxygen atoms in total. The minimum absolute atomic E-state index is 0.0370. The number of benzene rings is 7. The molecule has 0 spiro atoms. The fourth-order valence-electron chi connectivity index (χ4n) is 8.96. The molecule has 9 rings (SSSR count). The number of fused-ring (bicyclic) bond motifs is 1. The second-order valence-electron chi connectivity index (χ2n) is 20.6. The van der Waals surface area contributed by atoms with Crippen LogP contribution >= 0.6 is 0 Å². The molecule has 4 heteroatoms. The van der Waals surface area contributed by atoms with Crippen molar-refractivity contribution in [3.63, 3.8) is 0 Å². The summed E-state index contributed by atoms with van der Waals surface area (Å²) in [4.78, 5) is 10.4. The van der Waals surface area contributed by atoms with Crippen molar-refractivity contribution >= 4 is 11.0 Å². The summed E-state index contributed by atoms with van der Waals surface area (Å²) in [5.41, 5.74) is 11.1. The van der Waals surface area contributed by atoms with E-state index in [9.17, 15) is 5.11 Å². The molecule has 0 aliphatic carbocycles. The van der Waals surface area contributed by atoms with Gasteiger partial charge in [-0.05, 0) is 146 Å². The summed E-state index contributed by atoms with van der Waals surface area (Å²) in [6.45, 7) is 15.8. The van der Waals surface area contributed by atoms with Gasteiger partial charge in [0.25, 0.3) is 0 Å². The Bertz CT molecular complexity index is 3750. The Morgan fingerprint density at radius 2 is 1.26 bits per heavy atom. The highest BCUT2D eigenvalue weighted by atomic mass is 16.3. The van der Waals surface area contributed by atoms with E-state index in [0.717, 1.165) is 50.1 Å². The number of pyridine rings is 1. The van der Waals surface area contributed by atoms with E-state index in [1.54, 1.807) is 24.4 Å². The average molecular weight is 902 g/mol. The van der Waals surface area contributed by atoms with E-state index < -0.39 is 48.9 Å². The molecular weight excluding hydrogens is 827 g/mol. The van der Waals surface area contributed by atoms with E-state index in [4.69, 9.17) is 23.7 Å². The minimum atomic E-state index is -2.85. The lowest BCUT2D eigenvalue weighted by Crippen LogP contribution is -2.11. The van der Waals surface area contributed by atoms with Crippen LogP contribution in [0.2, 0.25) is 0 Å². The predicted molar refractivity (Wildman–Crippen MR) is 288 cm³/mol. The van der Waals surface area contributed by atoms with Crippen LogP contribution < -0.4 is 0 Å². The summed E-state index contributed by atoms with van der Waals surface area (Å²) >= 11 is 0. The molecule has 68 heavy (non-hydrogen) atoms. The molecule has 2 heterocycles. The third-order valence-corrected chi connectivity index (χ3v) is 13.0. The van der Waals surface area contributed by atoms with Crippen LogP contribution in [0, 0.1) is 13.7 Å². The summed E-state index contributed by atoms with van der Waals surface area (Å²) in [5.74, 6) is 0.532. The van der Waals surface area contributed by atoms with Gasteiger partial charge in [0.05, 0.1) is 33.5 Å². The van der Waals surface area contributed by atoms with Crippen molar-refractivity contribution < 1.29 is 18.8 Å². The maximum atomic E-state index is 12.6. The zero-order chi connectivity index (χ0) is 56.7. The average Bonchev–Trinajstić information content (AvgIpc) is 3.93. The predicted octanol–water partition coefficient (Wildman–Crippen LogP) is 17.6. The molecule has 0 radical (unpaired) electrons. The van der Waals surface area contributed by atoms with E-state index >= 15 is 0 Å². The first-order valence-corrected chi connectivity index (χ1v) is 23.4. The Morgan fingerprint density at radius 3 is 1.93 bits per heavy atom. The number of aromatic nitrogens is 3. The lowest BCUT2D eigenvalue weighted by Gasteiger charge is -2.22. The van der Waals surface area contributed by atoms with Crippen LogP contribution in [0.5, 0.6) is 5.75 Å². The fraction of sp³-hybridized carbons (Fsp3) is 0.250. The molecule has 9 aromatic rings. The molecule has 1 N–H and O–H groups in total. The van der Waals surface area contributed by atoms with E-state index in [0.29, 0.717) is 50.5 Å². The van der Waals surface area contributed by atoms with E-state index in [1.165, 1.54) is 0 Å². The number of nitrogens with zero attached hydrogens (tertiary/aromatic N) is 3. The number of imidazole rings is 1. The van der Waals surface area contributed by atoms with E-state index in [2.05, 4.69) is 91.8 Å². The van der Waals surface area contributed by atoms with Crippen molar-refractivity contribution in [2.24, 2.45) is 0 Å². The molecule has 342 valence electrons. The lowest BCUT2D eigenvalue weighted by molar-refractivity contribution is 0.466. The van der Waals surface area contributed by atoms with E-state index in [-0.39, 0.29) is 34.1 Å². The Hall–Kier alpha value is -7.04. The Balaban J connectivity index is 1.38. The third kappa shape index (κ3) is 8.93. The number of hydrogen-bond donors (Lipinski definition) is 1. The van der Waals surface area contributed by atoms with Crippen molar-refractivity contribution in [3.8, 4) is 78.6 Å². The molecule has 0 saturated carbocycles. The van der Waals surface area contributed by atoms with Gasteiger partial charge in [0.15, 0.2) is 0 Å². The molecule has 0 aliphatic rings. The molecule has 0 fully saturated rings. The van der Waals surface area contributed by atoms with Gasteiger partial charge in [0, 0.05) is 31.1 Å². The van der Waals surface area contributed by atoms with Gasteiger partial charge in [-0.3, -0.25) is 9.55 Å². The van der Waals surface area contributed by atoms with Crippen LogP contribution in [0.1, 0.15) is 128 Å². The first-order chi connectivity index (χ1) is 36.4. The van der Waals surface area contributed by atoms with Gasteiger partial charge in [0.2, 0.25) is 0 Å². The highest BCUT2D eigenvalue weighted by molar-refractivity contribution is 5.98. The normalized spacial score (nSPS) is 14.6. The molecule has 2 aromatic heterocycles. The molecular formula is C64H65N3O. The van der Waals surface area contributed by atoms with Gasteiger partial charge in [0.1, 0.15) is 11.6 Å². The topological polar surface area (TPSA) is 50.9 Å². The van der Waals surface area contributed by atoms with Crippen LogP contribution in [0.3, 0.4) is 0 Å². The van der Waals surface area contributed by atoms with Crippen molar-refractivity contribution in [2.45, 2.75) is 106 Å². The first-order valence-electron chi connectivity index (χ1n) is 28.4. The smallest absolute Gasteiger partial charge is 0.149 e. The van der Waals surface area contributed by atoms with Crippen LogP contribution in [-0.2, 0) is 10.8 Å². The number of phenols is 1. The second kappa shape index (κ2) is 17.9. The zero-order valence-corrected chi connectivity index (χ0v) is 40.6. The number of hydrogen-bond acceptors (Lipinski definition) is 3. The van der Waals surface area contributed by atoms with E-state index in [1.807, 2.05) is 91.2 Å². The third-order valence-electron chi connectivity index (χ3n) is 13.0. The summed E-state index contributed by atoms with van der Waals surface area (Å²) < 4.78 is 88.1. The van der Waals surface area contributed by atoms with Crippen molar-refractivity contribution in [1.29, 1.82) is 0 Å². The van der Waals surface area contributed by atoms with Crippen LogP contribution in [0.25, 0.3) is 83.9 Å². The molecule has 0 amide bonds. The van der Waals surface area contributed by atoms with Gasteiger partial charge in [-0.25, -0.2) is 4.98 Å². The summed E-state index contributed by atoms with van der Waals surface area (Å²) in [5, 5.41) is 12.6. The Labute approximate surface area is 418 Å². The molecule has 7 aromatic carbocycles. The summed E-state index contributed by atoms with van der Waals surface area (Å²) in [6.07, 6.45) is 1.54. The zero-order valence-electron chi connectivity index (χ0n) is 50.6. The standard InChI is InChI=1S/C64H65N3O/c1-39(2)47-35-53(40(3)4)61(68)56(36-47)62-66-60-52(48-32-49(34-51(33-48)64(10,11)12)57-37-46(29-30-65-57)43-23-21-41(5)22-24-43)19-16-20-58(60)67(62)59-31-42(6)54(44-17-14-13-15-18-44)38-55(59)45-25-27-50(28-26-45)63(7,8)9/h13-40,68H,1-12H3/i5D3,6D3,21D,22D,23D,24D. The number of aryl methyl sites for hydroxylation is 1. The number of para-hydroxylation sites is 1. The van der Waals surface area contributed by atoms with Gasteiger partial charge < -0.3 is 5.11 Å². The Kier molecular flexibility index (Phi) is 9.24. The lowest BCUT2D eigenvalue weighted by atomic mass is 9.83. The molecule has 0 aliphatic heterocycles. The van der Waals surface area contributed by atoms with Gasteiger partial charge >= 0.3 is 0 Å². The number of aromatic hydroxyl groups is 1. The summed E-state index contributed by atoms with van der Waals surface area (Å²) in [6, 6.07) is 39.0. The molecule has 0 unspecified atom stereocenters. The van der Waals surface area contributed by atoms with Crippen LogP contribution in [0.4, 0.5) is 0 Å². The van der Waals surface area contributed by atoms with Crippen molar-refractivity contribution in [3.05, 3.63) is 191 Å². The Morgan fingerprint density at radius 1 is 0.559 bits per heavy atom. The SMILES string of the molecule is [2H]c1c([2H])c(C([2H])([2H])[2H])c([2H])c([2H])c1-c1ccnc(-c2cc(-c3cccc4c3nc(-c3cc(C(C)C)cc(C(C)C)c3O)n4-c3cc(C([2H])([2H])[2H])c(-c4ccccc4)cc3-c3ccc(C(C)(C)C)cc3)cc(C(C)(C)C)c2)c1. The first kappa shape index (κ1) is 35.2. The number of phenolic OH excluding ortho intramolecular Hbond substituents is 1. The van der Waals surface area contributed by atoms with Gasteiger partial charge in [-0.2, -0.15) is 0 Å². The van der Waals surface area contributed by atoms with Crippen LogP contribution in [0.15, 0.2) is 158 Å². The molecule has 0 saturated heterocycles. The maximum Gasteiger partial charge on any atom is 0.149 e.